The average molecular weight is 421 g/mol. The number of hydrogen-bond acceptors (Lipinski definition) is 9. The number of azo groups is 1. The second kappa shape index (κ2) is 8.45. The van der Waals surface area contributed by atoms with Crippen LogP contribution in [0.3, 0.4) is 0 Å². The van der Waals surface area contributed by atoms with Gasteiger partial charge in [-0.3, -0.25) is 14.9 Å². The molecule has 0 bridgehead atoms. The fourth-order valence-electron chi connectivity index (χ4n) is 2.01. The third-order valence-electron chi connectivity index (χ3n) is 3.43. The van der Waals surface area contributed by atoms with Crippen LogP contribution in [0.2, 0.25) is 0 Å². The second-order valence-electron chi connectivity index (χ2n) is 5.59. The minimum Gasteiger partial charge on any atom is -0.510 e. The summed E-state index contributed by atoms with van der Waals surface area (Å²) in [5.74, 6) is -1.84. The Bertz CT molecular complexity index is 1120. The van der Waals surface area contributed by atoms with Crippen molar-refractivity contribution in [3.05, 3.63) is 64.0 Å². The molecule has 13 heteroatoms. The van der Waals surface area contributed by atoms with Crippen LogP contribution in [0, 0.1) is 10.1 Å². The molecule has 0 saturated carbocycles. The van der Waals surface area contributed by atoms with Crippen LogP contribution in [-0.4, -0.2) is 29.5 Å². The van der Waals surface area contributed by atoms with Crippen LogP contribution < -0.4 is 10.5 Å². The molecule has 29 heavy (non-hydrogen) atoms. The minimum atomic E-state index is -3.90. The Balaban J connectivity index is 2.25. The van der Waals surface area contributed by atoms with Gasteiger partial charge in [0.05, 0.1) is 9.82 Å². The summed E-state index contributed by atoms with van der Waals surface area (Å²) in [6.07, 6.45) is 0. The quantitative estimate of drug-likeness (QED) is 0.180. The number of hydrogen-bond donors (Lipinski definition) is 4. The number of carbonyl (C=O) groups is 1. The van der Waals surface area contributed by atoms with Crippen molar-refractivity contribution in [1.82, 2.24) is 0 Å². The number of aliphatic hydroxyl groups is 1. The lowest BCUT2D eigenvalue weighted by molar-refractivity contribution is -0.384. The number of phenolic OH excluding ortho intramolecular Hbond substituents is 1. The van der Waals surface area contributed by atoms with Gasteiger partial charge in [0.2, 0.25) is 10.0 Å². The van der Waals surface area contributed by atoms with Crippen LogP contribution >= 0.6 is 0 Å². The molecule has 0 unspecified atom stereocenters. The monoisotopic (exact) mass is 421 g/mol. The lowest BCUT2D eigenvalue weighted by atomic mass is 10.2. The molecule has 12 nitrogen and oxygen atoms in total. The van der Waals surface area contributed by atoms with E-state index in [1.807, 2.05) is 0 Å². The first-order chi connectivity index (χ1) is 13.5. The Kier molecular flexibility index (Phi) is 6.25. The van der Waals surface area contributed by atoms with Crippen molar-refractivity contribution in [2.45, 2.75) is 11.8 Å². The summed E-state index contributed by atoms with van der Waals surface area (Å²) in [5, 5.41) is 44.7. The molecule has 0 atom stereocenters. The normalized spacial score (nSPS) is 12.5. The van der Waals surface area contributed by atoms with Crippen molar-refractivity contribution < 1.29 is 28.3 Å². The molecule has 0 heterocycles. The number of rotatable bonds is 6. The number of phenols is 1. The van der Waals surface area contributed by atoms with Gasteiger partial charge in [-0.05, 0) is 37.3 Å². The van der Waals surface area contributed by atoms with Crippen LogP contribution in [-0.2, 0) is 14.8 Å². The molecule has 0 aliphatic rings. The van der Waals surface area contributed by atoms with Gasteiger partial charge in [-0.25, -0.2) is 13.6 Å². The predicted octanol–water partition coefficient (Wildman–Crippen LogP) is 2.46. The van der Waals surface area contributed by atoms with Gasteiger partial charge in [0.1, 0.15) is 17.2 Å². The average Bonchev–Trinajstić information content (AvgIpc) is 2.62. The number of sulfonamides is 1. The number of benzene rings is 2. The predicted molar refractivity (Wildman–Crippen MR) is 101 cm³/mol. The Morgan fingerprint density at radius 3 is 2.34 bits per heavy atom. The number of amides is 1. The smallest absolute Gasteiger partial charge is 0.279 e. The van der Waals surface area contributed by atoms with Gasteiger partial charge < -0.3 is 15.5 Å². The molecule has 0 aromatic heterocycles. The summed E-state index contributed by atoms with van der Waals surface area (Å²) in [4.78, 5) is 22.3. The van der Waals surface area contributed by atoms with E-state index in [0.717, 1.165) is 25.1 Å². The maximum absolute atomic E-state index is 12.3. The number of primary sulfonamides is 1. The number of aliphatic hydroxyl groups excluding tert-OH is 1. The maximum Gasteiger partial charge on any atom is 0.279 e. The number of nitrogens with zero attached hydrogens (tertiary/aromatic N) is 3. The van der Waals surface area contributed by atoms with Crippen molar-refractivity contribution >= 4 is 33.0 Å². The highest BCUT2D eigenvalue weighted by Crippen LogP contribution is 2.31. The maximum atomic E-state index is 12.3. The fourth-order valence-corrected chi connectivity index (χ4v) is 2.53. The molecule has 152 valence electrons. The van der Waals surface area contributed by atoms with Gasteiger partial charge >= 0.3 is 0 Å². The van der Waals surface area contributed by atoms with E-state index in [1.54, 1.807) is 0 Å². The van der Waals surface area contributed by atoms with E-state index in [4.69, 9.17) is 5.14 Å². The molecule has 1 amide bonds. The number of carbonyl (C=O) groups excluding carboxylic acids is 1. The molecule has 2 rings (SSSR count). The van der Waals surface area contributed by atoms with Crippen LogP contribution in [0.15, 0.2) is 69.0 Å². The Hall–Kier alpha value is -3.84. The Labute approximate surface area is 164 Å². The molecule has 0 aliphatic heterocycles. The van der Waals surface area contributed by atoms with Crippen molar-refractivity contribution in [3.63, 3.8) is 0 Å². The molecule has 2 aromatic rings. The summed E-state index contributed by atoms with van der Waals surface area (Å²) < 4.78 is 22.5. The SMILES string of the molecule is C/C(O)=C(/N=Nc1cc([N+](=O)[O-])ccc1O)C(=O)Nc1ccc(S(N)(=O)=O)cc1. The van der Waals surface area contributed by atoms with Crippen LogP contribution in [0.4, 0.5) is 17.1 Å². The van der Waals surface area contributed by atoms with Gasteiger partial charge in [-0.1, -0.05) is 0 Å². The highest BCUT2D eigenvalue weighted by molar-refractivity contribution is 7.89. The standard InChI is InChI=1S/C16H15N5O7S/c1-9(22)15(20-19-13-8-11(21(25)26)4-7-14(13)23)16(24)18-10-2-5-12(6-3-10)29(17,27)28/h2-8,22-23H,1H3,(H,18,24)(H2,17,27,28)/b15-9-,20-19?. The van der Waals surface area contributed by atoms with Crippen molar-refractivity contribution in [1.29, 1.82) is 0 Å². The first kappa shape index (κ1) is 21.5. The molecular formula is C16H15N5O7S. The number of anilines is 1. The number of aromatic hydroxyl groups is 1. The zero-order chi connectivity index (χ0) is 21.8. The minimum absolute atomic E-state index is 0.162. The molecule has 0 saturated heterocycles. The molecule has 2 aromatic carbocycles. The van der Waals surface area contributed by atoms with Gasteiger partial charge in [-0.15, -0.1) is 10.2 Å². The number of nitrogens with one attached hydrogen (secondary N) is 1. The number of nitrogens with two attached hydrogens (primary N) is 1. The first-order valence-electron chi connectivity index (χ1n) is 7.72. The lowest BCUT2D eigenvalue weighted by Crippen LogP contribution is -2.15. The van der Waals surface area contributed by atoms with Crippen molar-refractivity contribution in [3.8, 4) is 5.75 Å². The molecule has 0 fully saturated rings. The largest absolute Gasteiger partial charge is 0.510 e. The summed E-state index contributed by atoms with van der Waals surface area (Å²) >= 11 is 0. The summed E-state index contributed by atoms with van der Waals surface area (Å²) in [6.45, 7) is 1.16. The molecule has 0 spiro atoms. The fraction of sp³-hybridized carbons (Fsp3) is 0.0625. The van der Waals surface area contributed by atoms with E-state index in [-0.39, 0.29) is 22.0 Å². The molecule has 0 aliphatic carbocycles. The summed E-state index contributed by atoms with van der Waals surface area (Å²) in [5.41, 5.74) is -1.01. The third kappa shape index (κ3) is 5.57. The van der Waals surface area contributed by atoms with Gasteiger partial charge in [0, 0.05) is 17.8 Å². The van der Waals surface area contributed by atoms with Crippen molar-refractivity contribution in [2.24, 2.45) is 15.4 Å². The van der Waals surface area contributed by atoms with E-state index >= 15 is 0 Å². The van der Waals surface area contributed by atoms with Gasteiger partial charge in [0.25, 0.3) is 11.6 Å². The van der Waals surface area contributed by atoms with Gasteiger partial charge in [0.15, 0.2) is 5.70 Å². The van der Waals surface area contributed by atoms with E-state index in [0.29, 0.717) is 0 Å². The molecule has 0 radical (unpaired) electrons. The summed E-state index contributed by atoms with van der Waals surface area (Å²) in [7, 11) is -3.90. The van der Waals surface area contributed by atoms with Crippen LogP contribution in [0.5, 0.6) is 5.75 Å². The zero-order valence-corrected chi connectivity index (χ0v) is 15.6. The first-order valence-corrected chi connectivity index (χ1v) is 9.27. The van der Waals surface area contributed by atoms with Crippen LogP contribution in [0.25, 0.3) is 0 Å². The third-order valence-corrected chi connectivity index (χ3v) is 4.36. The van der Waals surface area contributed by atoms with E-state index < -0.39 is 38.1 Å². The van der Waals surface area contributed by atoms with E-state index in [2.05, 4.69) is 15.5 Å². The lowest BCUT2D eigenvalue weighted by Gasteiger charge is -2.07. The molecule has 5 N–H and O–H groups in total. The zero-order valence-electron chi connectivity index (χ0n) is 14.8. The van der Waals surface area contributed by atoms with Gasteiger partial charge in [-0.2, -0.15) is 0 Å². The van der Waals surface area contributed by atoms with E-state index in [1.165, 1.54) is 24.3 Å². The number of non-ortho nitro benzene ring substituents is 1. The molecular weight excluding hydrogens is 406 g/mol. The number of allylic oxidation sites excluding steroid dienone is 1. The highest BCUT2D eigenvalue weighted by Gasteiger charge is 2.16. The second-order valence-corrected chi connectivity index (χ2v) is 7.15. The number of nitro groups is 1. The van der Waals surface area contributed by atoms with Crippen LogP contribution in [0.1, 0.15) is 6.92 Å². The van der Waals surface area contributed by atoms with Crippen molar-refractivity contribution in [2.75, 3.05) is 5.32 Å². The van der Waals surface area contributed by atoms with E-state index in [9.17, 15) is 33.5 Å². The topological polar surface area (TPSA) is 198 Å². The Morgan fingerprint density at radius 1 is 1.21 bits per heavy atom. The number of nitro benzene ring substituents is 1. The highest BCUT2D eigenvalue weighted by atomic mass is 32.2. The Morgan fingerprint density at radius 2 is 1.83 bits per heavy atom. The summed E-state index contributed by atoms with van der Waals surface area (Å²) in [6, 6.07) is 7.91.